The van der Waals surface area contributed by atoms with Gasteiger partial charge in [0, 0.05) is 17.2 Å². The minimum Gasteiger partial charge on any atom is -0.366 e. The Kier molecular flexibility index (Phi) is 9.04. The topological polar surface area (TPSA) is 91.1 Å². The lowest BCUT2D eigenvalue weighted by Gasteiger charge is -2.41. The van der Waals surface area contributed by atoms with Gasteiger partial charge in [0.05, 0.1) is 5.54 Å². The first-order valence-corrected chi connectivity index (χ1v) is 12.1. The van der Waals surface area contributed by atoms with E-state index in [1.165, 1.54) is 11.1 Å². The van der Waals surface area contributed by atoms with Crippen LogP contribution >= 0.6 is 0 Å². The number of fused-ring (bicyclic) bond motifs is 1. The molecule has 0 bridgehead atoms. The van der Waals surface area contributed by atoms with Crippen molar-refractivity contribution in [1.29, 1.82) is 0 Å². The van der Waals surface area contributed by atoms with Crippen LogP contribution in [0.25, 0.3) is 0 Å². The van der Waals surface area contributed by atoms with E-state index in [1.54, 1.807) is 13.0 Å². The van der Waals surface area contributed by atoms with Crippen LogP contribution in [-0.2, 0) is 4.79 Å². The molecule has 4 nitrogen and oxygen atoms in total. The summed E-state index contributed by atoms with van der Waals surface area (Å²) in [6, 6.07) is 0.269. The van der Waals surface area contributed by atoms with E-state index in [4.69, 9.17) is 11.5 Å². The van der Waals surface area contributed by atoms with Crippen LogP contribution in [0.5, 0.6) is 0 Å². The maximum Gasteiger partial charge on any atom is 0.244 e. The van der Waals surface area contributed by atoms with Gasteiger partial charge in [-0.2, -0.15) is 0 Å². The number of primary amides is 1. The van der Waals surface area contributed by atoms with E-state index < -0.39 is 5.91 Å². The molecule has 2 fully saturated rings. The highest BCUT2D eigenvalue weighted by molar-refractivity contribution is 5.91. The zero-order valence-electron chi connectivity index (χ0n) is 22.0. The third kappa shape index (κ3) is 6.91. The van der Waals surface area contributed by atoms with Gasteiger partial charge in [0.15, 0.2) is 0 Å². The summed E-state index contributed by atoms with van der Waals surface area (Å²) >= 11 is 0. The fourth-order valence-corrected chi connectivity index (χ4v) is 5.01. The summed E-state index contributed by atoms with van der Waals surface area (Å²) in [6.07, 6.45) is 26.6. The van der Waals surface area contributed by atoms with Crippen LogP contribution in [0.2, 0.25) is 0 Å². The first kappa shape index (κ1) is 27.6. The third-order valence-electron chi connectivity index (χ3n) is 7.03. The fourth-order valence-electron chi connectivity index (χ4n) is 5.01. The van der Waals surface area contributed by atoms with Crippen LogP contribution in [0.4, 0.5) is 0 Å². The summed E-state index contributed by atoms with van der Waals surface area (Å²) in [4.78, 5) is 11.0. The standard InChI is InChI=1S/C30H43N3O/c1-22(12-8-9-13-23(2)16-11-17-25(4)27(32)34)14-10-15-24(3)18-19-30-28(5,6)20-26(31)21-29(30,7)33-30/h8-19,26,33H,20-21,31H2,1-7H3,(H2,32,34)/b9-8+,14-10+,16-11+,19-18+,22-12+,23-13+,24-15+,25-17+. The molecular formula is C30H43N3O. The summed E-state index contributed by atoms with van der Waals surface area (Å²) < 4.78 is 0. The average Bonchev–Trinajstić information content (AvgIpc) is 3.35. The monoisotopic (exact) mass is 461 g/mol. The SMILES string of the molecule is CC(/C=C/C=C(C)/C=C/C12NC1(C)CC(N)CC2(C)C)=C\C=C\C=C(C)\C=C\C=C(/C)C(N)=O. The average molecular weight is 462 g/mol. The van der Waals surface area contributed by atoms with Crippen LogP contribution in [0.1, 0.15) is 61.3 Å². The Morgan fingerprint density at radius 2 is 1.29 bits per heavy atom. The molecule has 3 atom stereocenters. The van der Waals surface area contributed by atoms with Crippen LogP contribution in [0, 0.1) is 5.41 Å². The van der Waals surface area contributed by atoms with E-state index in [1.807, 2.05) is 37.3 Å². The zero-order chi connectivity index (χ0) is 25.6. The van der Waals surface area contributed by atoms with Gasteiger partial charge in [0.25, 0.3) is 0 Å². The summed E-state index contributed by atoms with van der Waals surface area (Å²) in [5, 5.41) is 3.77. The maximum atomic E-state index is 11.0. The molecule has 2 rings (SSSR count). The van der Waals surface area contributed by atoms with Crippen molar-refractivity contribution in [2.75, 3.05) is 0 Å². The Morgan fingerprint density at radius 3 is 1.82 bits per heavy atom. The second-order valence-electron chi connectivity index (χ2n) is 10.7. The molecule has 0 aromatic carbocycles. The molecule has 0 aromatic rings. The van der Waals surface area contributed by atoms with E-state index in [0.29, 0.717) is 5.57 Å². The first-order valence-electron chi connectivity index (χ1n) is 12.1. The van der Waals surface area contributed by atoms with Gasteiger partial charge < -0.3 is 11.5 Å². The number of carbonyl (C=O) groups is 1. The maximum absolute atomic E-state index is 11.0. The number of rotatable bonds is 9. The molecule has 1 amide bonds. The Bertz CT molecular complexity index is 1020. The summed E-state index contributed by atoms with van der Waals surface area (Å²) in [5.74, 6) is -0.401. The molecule has 1 saturated heterocycles. The molecule has 5 N–H and O–H groups in total. The van der Waals surface area contributed by atoms with Crippen LogP contribution in [0.15, 0.2) is 95.2 Å². The van der Waals surface area contributed by atoms with Crippen molar-refractivity contribution >= 4 is 5.91 Å². The molecule has 0 spiro atoms. The van der Waals surface area contributed by atoms with Crippen molar-refractivity contribution in [3.8, 4) is 0 Å². The molecule has 1 aliphatic heterocycles. The summed E-state index contributed by atoms with van der Waals surface area (Å²) in [6.45, 7) is 14.9. The predicted molar refractivity (Wildman–Crippen MR) is 146 cm³/mol. The largest absolute Gasteiger partial charge is 0.366 e. The summed E-state index contributed by atoms with van der Waals surface area (Å²) in [7, 11) is 0. The van der Waals surface area contributed by atoms with Crippen LogP contribution in [-0.4, -0.2) is 23.0 Å². The number of hydrogen-bond acceptors (Lipinski definition) is 3. The number of nitrogens with one attached hydrogen (secondary N) is 1. The zero-order valence-corrected chi connectivity index (χ0v) is 22.0. The fraction of sp³-hybridized carbons (Fsp3) is 0.433. The highest BCUT2D eigenvalue weighted by atomic mass is 16.1. The van der Waals surface area contributed by atoms with Crippen molar-refractivity contribution in [1.82, 2.24) is 5.32 Å². The molecule has 184 valence electrons. The van der Waals surface area contributed by atoms with Crippen molar-refractivity contribution < 1.29 is 4.79 Å². The second-order valence-corrected chi connectivity index (χ2v) is 10.7. The quantitative estimate of drug-likeness (QED) is 0.233. The second kappa shape index (κ2) is 11.2. The Labute approximate surface area is 206 Å². The Balaban J connectivity index is 1.92. The molecule has 1 aliphatic carbocycles. The number of nitrogens with two attached hydrogens (primary N) is 2. The van der Waals surface area contributed by atoms with Gasteiger partial charge >= 0.3 is 0 Å². The van der Waals surface area contributed by atoms with Gasteiger partial charge in [-0.15, -0.1) is 0 Å². The van der Waals surface area contributed by atoms with Gasteiger partial charge in [-0.3, -0.25) is 10.1 Å². The van der Waals surface area contributed by atoms with Gasteiger partial charge in [-0.1, -0.05) is 103 Å². The first-order chi connectivity index (χ1) is 15.8. The molecule has 1 heterocycles. The number of carbonyl (C=O) groups excluding carboxylic acids is 1. The molecule has 0 aromatic heterocycles. The van der Waals surface area contributed by atoms with Crippen LogP contribution < -0.4 is 16.8 Å². The third-order valence-corrected chi connectivity index (χ3v) is 7.03. The van der Waals surface area contributed by atoms with Gasteiger partial charge in [-0.25, -0.2) is 0 Å². The lowest BCUT2D eigenvalue weighted by atomic mass is 9.62. The minimum atomic E-state index is -0.401. The number of amides is 1. The minimum absolute atomic E-state index is 0.0348. The van der Waals surface area contributed by atoms with Gasteiger partial charge in [0.1, 0.15) is 0 Å². The van der Waals surface area contributed by atoms with Gasteiger partial charge in [0.2, 0.25) is 5.91 Å². The highest BCUT2D eigenvalue weighted by Gasteiger charge is 2.71. The Hall–Kier alpha value is -2.69. The molecule has 1 saturated carbocycles. The molecule has 3 unspecified atom stereocenters. The van der Waals surface area contributed by atoms with E-state index in [9.17, 15) is 4.79 Å². The van der Waals surface area contributed by atoms with Gasteiger partial charge in [-0.05, 0) is 52.9 Å². The van der Waals surface area contributed by atoms with E-state index in [0.717, 1.165) is 18.4 Å². The Morgan fingerprint density at radius 1 is 0.794 bits per heavy atom. The van der Waals surface area contributed by atoms with E-state index in [-0.39, 0.29) is 22.5 Å². The van der Waals surface area contributed by atoms with E-state index >= 15 is 0 Å². The molecule has 34 heavy (non-hydrogen) atoms. The van der Waals surface area contributed by atoms with Crippen LogP contribution in [0.3, 0.4) is 0 Å². The van der Waals surface area contributed by atoms with Crippen molar-refractivity contribution in [2.45, 2.75) is 78.4 Å². The van der Waals surface area contributed by atoms with E-state index in [2.05, 4.69) is 76.4 Å². The number of hydrogen-bond donors (Lipinski definition) is 3. The van der Waals surface area contributed by atoms with Crippen molar-refractivity contribution in [3.63, 3.8) is 0 Å². The lowest BCUT2D eigenvalue weighted by Crippen LogP contribution is -2.48. The normalized spacial score (nSPS) is 30.6. The van der Waals surface area contributed by atoms with Crippen molar-refractivity contribution in [3.05, 3.63) is 95.2 Å². The molecule has 4 heteroatoms. The van der Waals surface area contributed by atoms with Crippen molar-refractivity contribution in [2.24, 2.45) is 16.9 Å². The molecule has 0 radical (unpaired) electrons. The lowest BCUT2D eigenvalue weighted by molar-refractivity contribution is -0.114. The predicted octanol–water partition coefficient (Wildman–Crippen LogP) is 5.73. The molecular weight excluding hydrogens is 418 g/mol. The molecule has 2 aliphatic rings. The highest BCUT2D eigenvalue weighted by Crippen LogP contribution is 2.59. The smallest absolute Gasteiger partial charge is 0.244 e. The summed E-state index contributed by atoms with van der Waals surface area (Å²) in [5.41, 5.74) is 15.8. The number of allylic oxidation sites excluding steroid dienone is 14.